The van der Waals surface area contributed by atoms with Gasteiger partial charge in [-0.2, -0.15) is 26.3 Å². The van der Waals surface area contributed by atoms with Crippen LogP contribution in [0.4, 0.5) is 30.7 Å². The second kappa shape index (κ2) is 10.3. The van der Waals surface area contributed by atoms with Crippen LogP contribution in [-0.4, -0.2) is 18.3 Å². The molecule has 0 spiro atoms. The predicted octanol–water partition coefficient (Wildman–Crippen LogP) is 7.71. The lowest BCUT2D eigenvalue weighted by Gasteiger charge is -2.18. The average Bonchev–Trinajstić information content (AvgIpc) is 2.63. The molecule has 2 rings (SSSR count). The van der Waals surface area contributed by atoms with E-state index in [1.54, 1.807) is 0 Å². The van der Waals surface area contributed by atoms with E-state index in [4.69, 9.17) is 34.8 Å². The number of benzene rings is 2. The van der Waals surface area contributed by atoms with Crippen LogP contribution in [0.3, 0.4) is 0 Å². The number of nitrogens with one attached hydrogen (secondary N) is 1. The molecule has 32 heavy (non-hydrogen) atoms. The summed E-state index contributed by atoms with van der Waals surface area (Å²) in [5, 5.41) is 1.49. The van der Waals surface area contributed by atoms with Gasteiger partial charge in [0.05, 0.1) is 21.0 Å². The van der Waals surface area contributed by atoms with E-state index in [9.17, 15) is 35.5 Å². The molecule has 0 fully saturated rings. The van der Waals surface area contributed by atoms with Gasteiger partial charge in [0.1, 0.15) is 12.2 Å². The van der Waals surface area contributed by atoms with E-state index < -0.39 is 43.0 Å². The molecule has 2 aromatic carbocycles. The van der Waals surface area contributed by atoms with Crippen molar-refractivity contribution in [3.63, 3.8) is 0 Å². The van der Waals surface area contributed by atoms with Gasteiger partial charge in [-0.25, -0.2) is 4.39 Å². The molecule has 1 amide bonds. The maximum Gasteiger partial charge on any atom is 0.399 e. The van der Waals surface area contributed by atoms with E-state index >= 15 is 0 Å². The van der Waals surface area contributed by atoms with Crippen molar-refractivity contribution in [2.45, 2.75) is 31.2 Å². The summed E-state index contributed by atoms with van der Waals surface area (Å²) in [6, 6.07) is 5.32. The number of alkyl halides is 6. The summed E-state index contributed by atoms with van der Waals surface area (Å²) in [6.45, 7) is -0.516. The van der Waals surface area contributed by atoms with Crippen molar-refractivity contribution in [2.24, 2.45) is 0 Å². The highest BCUT2D eigenvalue weighted by atomic mass is 35.5. The Labute approximate surface area is 192 Å². The first-order chi connectivity index (χ1) is 14.7. The van der Waals surface area contributed by atoms with Gasteiger partial charge in [0.15, 0.2) is 0 Å². The highest BCUT2D eigenvalue weighted by Gasteiger charge is 2.39. The number of carbonyl (C=O) groups is 1. The standard InChI is InChI=1S/C20H13Cl3F7NO/c21-14-6-12(7-15(22)18(14)23)13(20(28,29)30)4-2-10-1-3-11(16(24)5-10)9-31-17(32)8-19(25,26)27/h1-7,13H,8-9H2,(H,31,32)/b4-2+. The largest absolute Gasteiger partial charge is 0.399 e. The van der Waals surface area contributed by atoms with Crippen LogP contribution in [0, 0.1) is 5.82 Å². The molecule has 12 heteroatoms. The first-order valence-corrected chi connectivity index (χ1v) is 9.82. The van der Waals surface area contributed by atoms with E-state index in [-0.39, 0.29) is 31.8 Å². The monoisotopic (exact) mass is 521 g/mol. The Hall–Kier alpha value is -1.97. The lowest BCUT2D eigenvalue weighted by molar-refractivity contribution is -0.153. The summed E-state index contributed by atoms with van der Waals surface area (Å²) in [7, 11) is 0. The zero-order chi connectivity index (χ0) is 24.3. The number of allylic oxidation sites excluding steroid dienone is 1. The van der Waals surface area contributed by atoms with Crippen LogP contribution in [0.5, 0.6) is 0 Å². The predicted molar refractivity (Wildman–Crippen MR) is 108 cm³/mol. The van der Waals surface area contributed by atoms with Gasteiger partial charge in [-0.05, 0) is 29.3 Å². The fourth-order valence-corrected chi connectivity index (χ4v) is 3.23. The highest BCUT2D eigenvalue weighted by Crippen LogP contribution is 2.41. The fraction of sp³-hybridized carbons (Fsp3) is 0.250. The topological polar surface area (TPSA) is 29.1 Å². The second-order valence-electron chi connectivity index (χ2n) is 6.60. The number of carbonyl (C=O) groups excluding carboxylic acids is 1. The minimum Gasteiger partial charge on any atom is -0.352 e. The maximum atomic E-state index is 14.2. The molecule has 0 aliphatic rings. The van der Waals surface area contributed by atoms with Gasteiger partial charge in [-0.3, -0.25) is 4.79 Å². The Balaban J connectivity index is 2.20. The van der Waals surface area contributed by atoms with Crippen LogP contribution in [0.15, 0.2) is 36.4 Å². The molecule has 0 aromatic heterocycles. The lowest BCUT2D eigenvalue weighted by Crippen LogP contribution is -2.28. The van der Waals surface area contributed by atoms with Crippen molar-refractivity contribution in [3.05, 3.63) is 74.0 Å². The lowest BCUT2D eigenvalue weighted by atomic mass is 9.97. The summed E-state index contributed by atoms with van der Waals surface area (Å²) >= 11 is 17.4. The molecule has 2 nitrogen and oxygen atoms in total. The third kappa shape index (κ3) is 7.56. The molecule has 0 aliphatic carbocycles. The summed E-state index contributed by atoms with van der Waals surface area (Å²) in [6.07, 6.45) is -9.35. The summed E-state index contributed by atoms with van der Waals surface area (Å²) in [4.78, 5) is 11.2. The van der Waals surface area contributed by atoms with Gasteiger partial charge in [0.2, 0.25) is 5.91 Å². The first-order valence-electron chi connectivity index (χ1n) is 8.68. The summed E-state index contributed by atoms with van der Waals surface area (Å²) in [5.41, 5.74) is -0.368. The minimum absolute atomic E-state index is 0.0493. The van der Waals surface area contributed by atoms with Crippen LogP contribution in [0.2, 0.25) is 15.1 Å². The van der Waals surface area contributed by atoms with E-state index in [0.29, 0.717) is 0 Å². The van der Waals surface area contributed by atoms with Gasteiger partial charge in [0.25, 0.3) is 0 Å². The first kappa shape index (κ1) is 26.3. The van der Waals surface area contributed by atoms with Crippen LogP contribution < -0.4 is 5.32 Å². The molecular weight excluding hydrogens is 510 g/mol. The van der Waals surface area contributed by atoms with Crippen molar-refractivity contribution in [3.8, 4) is 0 Å². The molecule has 0 saturated carbocycles. The van der Waals surface area contributed by atoms with Crippen LogP contribution >= 0.6 is 34.8 Å². The molecule has 0 heterocycles. The Morgan fingerprint density at radius 2 is 1.59 bits per heavy atom. The number of rotatable bonds is 6. The molecule has 1 N–H and O–H groups in total. The molecule has 0 saturated heterocycles. The fourth-order valence-electron chi connectivity index (χ4n) is 2.62. The SMILES string of the molecule is O=C(CC(F)(F)F)NCc1ccc(/C=C/C(c2cc(Cl)c(Cl)c(Cl)c2)C(F)(F)F)cc1F. The molecule has 0 bridgehead atoms. The summed E-state index contributed by atoms with van der Waals surface area (Å²) < 4.78 is 91.2. The minimum atomic E-state index is -4.72. The van der Waals surface area contributed by atoms with Gasteiger partial charge < -0.3 is 5.32 Å². The van der Waals surface area contributed by atoms with Gasteiger partial charge in [-0.15, -0.1) is 0 Å². The quantitative estimate of drug-likeness (QED) is 0.305. The molecule has 1 unspecified atom stereocenters. The molecular formula is C20H13Cl3F7NO. The van der Waals surface area contributed by atoms with Gasteiger partial charge in [-0.1, -0.05) is 59.1 Å². The normalized spacial score (nSPS) is 13.4. The zero-order valence-electron chi connectivity index (χ0n) is 15.7. The van der Waals surface area contributed by atoms with Crippen LogP contribution in [0.1, 0.15) is 29.0 Å². The number of halogens is 10. The Morgan fingerprint density at radius 3 is 2.09 bits per heavy atom. The van der Waals surface area contributed by atoms with Crippen LogP contribution in [-0.2, 0) is 11.3 Å². The Bertz CT molecular complexity index is 996. The smallest absolute Gasteiger partial charge is 0.352 e. The Morgan fingerprint density at radius 1 is 1.00 bits per heavy atom. The molecule has 0 radical (unpaired) electrons. The van der Waals surface area contributed by atoms with E-state index in [1.807, 2.05) is 5.32 Å². The van der Waals surface area contributed by atoms with Gasteiger partial charge >= 0.3 is 12.4 Å². The van der Waals surface area contributed by atoms with Crippen molar-refractivity contribution in [2.75, 3.05) is 0 Å². The molecule has 1 atom stereocenters. The Kier molecular flexibility index (Phi) is 8.47. The van der Waals surface area contributed by atoms with Crippen molar-refractivity contribution in [1.29, 1.82) is 0 Å². The molecule has 2 aromatic rings. The molecule has 0 aliphatic heterocycles. The number of hydrogen-bond acceptors (Lipinski definition) is 1. The van der Waals surface area contributed by atoms with Crippen molar-refractivity contribution < 1.29 is 35.5 Å². The third-order valence-corrected chi connectivity index (χ3v) is 5.31. The van der Waals surface area contributed by atoms with E-state index in [1.165, 1.54) is 6.07 Å². The molecule has 174 valence electrons. The highest BCUT2D eigenvalue weighted by molar-refractivity contribution is 6.48. The number of amides is 1. The third-order valence-electron chi connectivity index (χ3n) is 4.11. The van der Waals surface area contributed by atoms with E-state index in [2.05, 4.69) is 0 Å². The second-order valence-corrected chi connectivity index (χ2v) is 7.79. The zero-order valence-corrected chi connectivity index (χ0v) is 18.0. The number of hydrogen-bond donors (Lipinski definition) is 1. The van der Waals surface area contributed by atoms with Crippen molar-refractivity contribution >= 4 is 46.8 Å². The average molecular weight is 523 g/mol. The van der Waals surface area contributed by atoms with Gasteiger partial charge in [0, 0.05) is 12.1 Å². The van der Waals surface area contributed by atoms with Crippen molar-refractivity contribution in [1.82, 2.24) is 5.32 Å². The summed E-state index contributed by atoms with van der Waals surface area (Å²) in [5.74, 6) is -4.38. The maximum absolute atomic E-state index is 14.2. The van der Waals surface area contributed by atoms with Crippen LogP contribution in [0.25, 0.3) is 6.08 Å². The van der Waals surface area contributed by atoms with E-state index in [0.717, 1.165) is 36.4 Å².